The maximum Gasteiger partial charge on any atom is 0.281 e. The third-order valence-electron chi connectivity index (χ3n) is 4.06. The van der Waals surface area contributed by atoms with Gasteiger partial charge in [-0.3, -0.25) is 20.4 Å². The smallest absolute Gasteiger partial charge is 0.267 e. The van der Waals surface area contributed by atoms with Crippen LogP contribution in [0.25, 0.3) is 16.4 Å². The third-order valence-corrected chi connectivity index (χ3v) is 5.27. The van der Waals surface area contributed by atoms with Crippen molar-refractivity contribution in [2.45, 2.75) is 6.92 Å². The molecule has 3 heterocycles. The Kier molecular flexibility index (Phi) is 5.12. The summed E-state index contributed by atoms with van der Waals surface area (Å²) >= 11 is 1.27. The van der Waals surface area contributed by atoms with Gasteiger partial charge < -0.3 is 0 Å². The van der Waals surface area contributed by atoms with Crippen molar-refractivity contribution in [1.82, 2.24) is 30.6 Å². The molecule has 0 radical (unpaired) electrons. The summed E-state index contributed by atoms with van der Waals surface area (Å²) in [4.78, 5) is 33.8. The number of hydrogen-bond acceptors (Lipinski definition) is 6. The number of hydrazine groups is 1. The van der Waals surface area contributed by atoms with Gasteiger partial charge in [0.15, 0.2) is 5.82 Å². The van der Waals surface area contributed by atoms with Gasteiger partial charge in [-0.05, 0) is 25.1 Å². The van der Waals surface area contributed by atoms with Crippen LogP contribution in [-0.2, 0) is 0 Å². The van der Waals surface area contributed by atoms with Gasteiger partial charge >= 0.3 is 0 Å². The Bertz CT molecular complexity index is 1140. The molecule has 0 atom stereocenters. The minimum Gasteiger partial charge on any atom is -0.267 e. The summed E-state index contributed by atoms with van der Waals surface area (Å²) in [5.74, 6) is -0.302. The molecule has 0 aliphatic heterocycles. The van der Waals surface area contributed by atoms with Gasteiger partial charge in [-0.2, -0.15) is 5.10 Å². The number of carbonyl (C=O) groups excluding carboxylic acids is 2. The first-order valence-electron chi connectivity index (χ1n) is 8.71. The molecule has 3 aromatic heterocycles. The lowest BCUT2D eigenvalue weighted by molar-refractivity contribution is 0.0848. The molecule has 1 aromatic carbocycles. The van der Waals surface area contributed by atoms with Gasteiger partial charge in [-0.1, -0.05) is 30.3 Å². The van der Waals surface area contributed by atoms with Crippen molar-refractivity contribution in [2.75, 3.05) is 0 Å². The predicted molar refractivity (Wildman–Crippen MR) is 109 cm³/mol. The lowest BCUT2D eigenvalue weighted by Crippen LogP contribution is -2.41. The van der Waals surface area contributed by atoms with Gasteiger partial charge in [0.05, 0.1) is 11.3 Å². The summed E-state index contributed by atoms with van der Waals surface area (Å²) in [5, 5.41) is 4.83. The van der Waals surface area contributed by atoms with E-state index in [1.165, 1.54) is 17.5 Å². The Labute approximate surface area is 170 Å². The number of aryl methyl sites for hydroxylation is 1. The molecule has 2 N–H and O–H groups in total. The lowest BCUT2D eigenvalue weighted by atomic mass is 10.2. The molecule has 29 heavy (non-hydrogen) atoms. The fraction of sp³-hybridized carbons (Fsp3) is 0.0500. The number of rotatable bonds is 4. The quantitative estimate of drug-likeness (QED) is 0.509. The Morgan fingerprint density at radius 3 is 2.48 bits per heavy atom. The predicted octanol–water partition coefficient (Wildman–Crippen LogP) is 2.77. The SMILES string of the molecule is Cc1nc(-c2ccccc2)sc1C(=O)NNC(=O)c1ccc(-n2cccn2)nc1. The summed E-state index contributed by atoms with van der Waals surface area (Å²) < 4.78 is 1.58. The highest BCUT2D eigenvalue weighted by Gasteiger charge is 2.17. The topological polar surface area (TPSA) is 102 Å². The largest absolute Gasteiger partial charge is 0.281 e. The molecule has 2 amide bonds. The van der Waals surface area contributed by atoms with Crippen molar-refractivity contribution in [3.8, 4) is 16.4 Å². The number of benzene rings is 1. The summed E-state index contributed by atoms with van der Waals surface area (Å²) in [7, 11) is 0. The van der Waals surface area contributed by atoms with Gasteiger partial charge in [0.1, 0.15) is 9.88 Å². The molecular formula is C20H16N6O2S. The number of hydrogen-bond donors (Lipinski definition) is 2. The van der Waals surface area contributed by atoms with E-state index < -0.39 is 11.8 Å². The molecule has 0 unspecified atom stereocenters. The van der Waals surface area contributed by atoms with Crippen molar-refractivity contribution in [3.05, 3.63) is 83.3 Å². The molecule has 4 aromatic rings. The van der Waals surface area contributed by atoms with Crippen molar-refractivity contribution >= 4 is 23.2 Å². The molecule has 0 bridgehead atoms. The highest BCUT2D eigenvalue weighted by molar-refractivity contribution is 7.17. The van der Waals surface area contributed by atoms with Crippen molar-refractivity contribution in [3.63, 3.8) is 0 Å². The second kappa shape index (κ2) is 8.03. The van der Waals surface area contributed by atoms with Crippen LogP contribution in [0.3, 0.4) is 0 Å². The third kappa shape index (κ3) is 4.04. The zero-order valence-corrected chi connectivity index (χ0v) is 16.2. The van der Waals surface area contributed by atoms with Crippen LogP contribution in [-0.4, -0.2) is 31.6 Å². The van der Waals surface area contributed by atoms with Crippen LogP contribution >= 0.6 is 11.3 Å². The Hall–Kier alpha value is -3.85. The van der Waals surface area contributed by atoms with E-state index in [4.69, 9.17) is 0 Å². The van der Waals surface area contributed by atoms with E-state index in [1.807, 2.05) is 30.3 Å². The average Bonchev–Trinajstić information content (AvgIpc) is 3.43. The highest BCUT2D eigenvalue weighted by Crippen LogP contribution is 2.27. The van der Waals surface area contributed by atoms with Gasteiger partial charge in [0, 0.05) is 24.2 Å². The van der Waals surface area contributed by atoms with E-state index in [9.17, 15) is 9.59 Å². The summed E-state index contributed by atoms with van der Waals surface area (Å²) in [5.41, 5.74) is 6.69. The van der Waals surface area contributed by atoms with Gasteiger partial charge in [0.2, 0.25) is 0 Å². The number of thiazole rings is 1. The Morgan fingerprint density at radius 1 is 1.00 bits per heavy atom. The van der Waals surface area contributed by atoms with Crippen LogP contribution < -0.4 is 10.9 Å². The Morgan fingerprint density at radius 2 is 1.79 bits per heavy atom. The van der Waals surface area contributed by atoms with Crippen molar-refractivity contribution < 1.29 is 9.59 Å². The van der Waals surface area contributed by atoms with Crippen molar-refractivity contribution in [1.29, 1.82) is 0 Å². The second-order valence-corrected chi connectivity index (χ2v) is 7.06. The molecule has 0 saturated carbocycles. The standard InChI is InChI=1S/C20H16N6O2S/c1-13-17(29-20(23-13)14-6-3-2-4-7-14)19(28)25-24-18(27)15-8-9-16(21-12-15)26-11-5-10-22-26/h2-12H,1H3,(H,24,27)(H,25,28). The van der Waals surface area contributed by atoms with E-state index in [0.29, 0.717) is 22.0 Å². The Balaban J connectivity index is 1.41. The van der Waals surface area contributed by atoms with Crippen LogP contribution in [0.5, 0.6) is 0 Å². The summed E-state index contributed by atoms with van der Waals surface area (Å²) in [6.45, 7) is 1.76. The second-order valence-electron chi connectivity index (χ2n) is 6.06. The van der Waals surface area contributed by atoms with E-state index in [1.54, 1.807) is 42.2 Å². The van der Waals surface area contributed by atoms with Gasteiger partial charge in [-0.15, -0.1) is 11.3 Å². The zero-order chi connectivity index (χ0) is 20.2. The fourth-order valence-electron chi connectivity index (χ4n) is 2.61. The zero-order valence-electron chi connectivity index (χ0n) is 15.4. The first-order chi connectivity index (χ1) is 14.1. The molecule has 144 valence electrons. The monoisotopic (exact) mass is 404 g/mol. The van der Waals surface area contributed by atoms with Gasteiger partial charge in [-0.25, -0.2) is 14.6 Å². The van der Waals surface area contributed by atoms with E-state index in [0.717, 1.165) is 10.6 Å². The van der Waals surface area contributed by atoms with Crippen molar-refractivity contribution in [2.24, 2.45) is 0 Å². The molecule has 9 heteroatoms. The number of nitrogens with zero attached hydrogens (tertiary/aromatic N) is 4. The number of aromatic nitrogens is 4. The molecule has 0 saturated heterocycles. The van der Waals surface area contributed by atoms with Crippen LogP contribution in [0.15, 0.2) is 67.1 Å². The molecular weight excluding hydrogens is 388 g/mol. The molecule has 4 rings (SSSR count). The van der Waals surface area contributed by atoms with Crippen LogP contribution in [0.1, 0.15) is 25.7 Å². The van der Waals surface area contributed by atoms with E-state index >= 15 is 0 Å². The number of pyridine rings is 1. The highest BCUT2D eigenvalue weighted by atomic mass is 32.1. The van der Waals surface area contributed by atoms with Crippen LogP contribution in [0, 0.1) is 6.92 Å². The average molecular weight is 404 g/mol. The molecule has 0 aliphatic rings. The minimum atomic E-state index is -0.469. The molecule has 0 aliphatic carbocycles. The van der Waals surface area contributed by atoms with Crippen LogP contribution in [0.4, 0.5) is 0 Å². The number of nitrogens with one attached hydrogen (secondary N) is 2. The number of carbonyl (C=O) groups is 2. The fourth-order valence-corrected chi connectivity index (χ4v) is 3.58. The minimum absolute atomic E-state index is 0.312. The lowest BCUT2D eigenvalue weighted by Gasteiger charge is -2.07. The maximum atomic E-state index is 12.5. The summed E-state index contributed by atoms with van der Waals surface area (Å²) in [6.07, 6.45) is 4.82. The first kappa shape index (κ1) is 18.5. The normalized spacial score (nSPS) is 10.5. The van der Waals surface area contributed by atoms with Gasteiger partial charge in [0.25, 0.3) is 11.8 Å². The van der Waals surface area contributed by atoms with Crippen LogP contribution in [0.2, 0.25) is 0 Å². The summed E-state index contributed by atoms with van der Waals surface area (Å²) in [6, 6.07) is 14.7. The van der Waals surface area contributed by atoms with E-state index in [-0.39, 0.29) is 0 Å². The first-order valence-corrected chi connectivity index (χ1v) is 9.53. The molecule has 0 spiro atoms. The van der Waals surface area contributed by atoms with E-state index in [2.05, 4.69) is 25.9 Å². The maximum absolute atomic E-state index is 12.5. The number of amides is 2. The molecule has 0 fully saturated rings. The molecule has 8 nitrogen and oxygen atoms in total.